The molecule has 0 atom stereocenters. The minimum absolute atomic E-state index is 0.835. The molecule has 0 radical (unpaired) electrons. The van der Waals surface area contributed by atoms with Gasteiger partial charge in [0.05, 0.1) is 0 Å². The van der Waals surface area contributed by atoms with E-state index < -0.39 is 0 Å². The van der Waals surface area contributed by atoms with Crippen LogP contribution in [0.5, 0.6) is 0 Å². The zero-order chi connectivity index (χ0) is 12.5. The number of anilines is 1. The highest BCUT2D eigenvalue weighted by Crippen LogP contribution is 2.31. The van der Waals surface area contributed by atoms with Crippen LogP contribution < -0.4 is 11.1 Å². The molecular formula is C16H18N2. The lowest BCUT2D eigenvalue weighted by molar-refractivity contribution is 0.645. The third-order valence-electron chi connectivity index (χ3n) is 3.69. The lowest BCUT2D eigenvalue weighted by Crippen LogP contribution is -2.24. The number of aryl methyl sites for hydroxylation is 1. The summed E-state index contributed by atoms with van der Waals surface area (Å²) in [5.74, 6) is 0. The van der Waals surface area contributed by atoms with Crippen molar-refractivity contribution in [1.82, 2.24) is 5.32 Å². The van der Waals surface area contributed by atoms with Gasteiger partial charge in [0, 0.05) is 12.2 Å². The van der Waals surface area contributed by atoms with Crippen LogP contribution in [0, 0.1) is 6.92 Å². The smallest absolute Gasteiger partial charge is 0.0320 e. The zero-order valence-electron chi connectivity index (χ0n) is 10.7. The maximum absolute atomic E-state index is 5.93. The van der Waals surface area contributed by atoms with Gasteiger partial charge >= 0.3 is 0 Å². The molecule has 1 heterocycles. The second-order valence-corrected chi connectivity index (χ2v) is 4.94. The third kappa shape index (κ3) is 1.89. The fraction of sp³-hybridized carbons (Fsp3) is 0.250. The van der Waals surface area contributed by atoms with Crippen molar-refractivity contribution >= 4 is 5.69 Å². The first-order chi connectivity index (χ1) is 8.75. The molecule has 2 nitrogen and oxygen atoms in total. The topological polar surface area (TPSA) is 38.0 Å². The quantitative estimate of drug-likeness (QED) is 0.750. The molecule has 2 heteroatoms. The summed E-state index contributed by atoms with van der Waals surface area (Å²) < 4.78 is 0. The summed E-state index contributed by atoms with van der Waals surface area (Å²) in [5, 5.41) is 3.42. The summed E-state index contributed by atoms with van der Waals surface area (Å²) in [6, 6.07) is 12.7. The van der Waals surface area contributed by atoms with Crippen molar-refractivity contribution in [3.63, 3.8) is 0 Å². The number of benzene rings is 2. The van der Waals surface area contributed by atoms with Crippen LogP contribution in [0.1, 0.15) is 16.7 Å². The van der Waals surface area contributed by atoms with E-state index in [9.17, 15) is 0 Å². The molecular weight excluding hydrogens is 220 g/mol. The van der Waals surface area contributed by atoms with Gasteiger partial charge in [-0.05, 0) is 59.8 Å². The van der Waals surface area contributed by atoms with Gasteiger partial charge in [-0.1, -0.05) is 24.3 Å². The number of fused-ring (bicyclic) bond motifs is 1. The lowest BCUT2D eigenvalue weighted by Gasteiger charge is -2.21. The van der Waals surface area contributed by atoms with E-state index in [0.29, 0.717) is 0 Å². The van der Waals surface area contributed by atoms with Gasteiger partial charge in [0.15, 0.2) is 0 Å². The standard InChI is InChI=1S/C16H18N2/c1-11-5-6-13(17)9-16(11)15-4-2-3-12-10-18-8-7-14(12)15/h2-6,9,18H,7-8,10,17H2,1H3. The second-order valence-electron chi connectivity index (χ2n) is 4.94. The number of nitrogens with one attached hydrogen (secondary N) is 1. The molecule has 3 N–H and O–H groups in total. The van der Waals surface area contributed by atoms with Crippen LogP contribution in [0.15, 0.2) is 36.4 Å². The first kappa shape index (κ1) is 11.3. The first-order valence-corrected chi connectivity index (χ1v) is 6.43. The summed E-state index contributed by atoms with van der Waals surface area (Å²) in [4.78, 5) is 0. The molecule has 0 unspecified atom stereocenters. The van der Waals surface area contributed by atoms with E-state index >= 15 is 0 Å². The summed E-state index contributed by atoms with van der Waals surface area (Å²) in [6.45, 7) is 4.19. The Labute approximate surface area is 108 Å². The fourth-order valence-electron chi connectivity index (χ4n) is 2.71. The zero-order valence-corrected chi connectivity index (χ0v) is 10.7. The Balaban J connectivity index is 2.19. The van der Waals surface area contributed by atoms with Crippen LogP contribution in [0.2, 0.25) is 0 Å². The van der Waals surface area contributed by atoms with Crippen LogP contribution in [0.3, 0.4) is 0 Å². The molecule has 0 spiro atoms. The van der Waals surface area contributed by atoms with Crippen molar-refractivity contribution in [3.8, 4) is 11.1 Å². The van der Waals surface area contributed by atoms with Gasteiger partial charge < -0.3 is 11.1 Å². The van der Waals surface area contributed by atoms with E-state index in [1.165, 1.54) is 27.8 Å². The predicted octanol–water partition coefficient (Wildman–Crippen LogP) is 2.89. The van der Waals surface area contributed by atoms with Gasteiger partial charge in [-0.2, -0.15) is 0 Å². The van der Waals surface area contributed by atoms with E-state index in [1.54, 1.807) is 0 Å². The molecule has 0 saturated carbocycles. The maximum Gasteiger partial charge on any atom is 0.0320 e. The van der Waals surface area contributed by atoms with Crippen LogP contribution >= 0.6 is 0 Å². The molecule has 0 bridgehead atoms. The normalized spacial score (nSPS) is 14.3. The molecule has 1 aliphatic heterocycles. The average Bonchev–Trinajstić information content (AvgIpc) is 2.41. The van der Waals surface area contributed by atoms with Gasteiger partial charge in [0.1, 0.15) is 0 Å². The molecule has 1 aliphatic rings. The molecule has 0 saturated heterocycles. The van der Waals surface area contributed by atoms with Gasteiger partial charge in [0.2, 0.25) is 0 Å². The molecule has 2 aromatic carbocycles. The Morgan fingerprint density at radius 1 is 1.11 bits per heavy atom. The Morgan fingerprint density at radius 2 is 2.00 bits per heavy atom. The minimum Gasteiger partial charge on any atom is -0.399 e. The molecule has 2 aromatic rings. The monoisotopic (exact) mass is 238 g/mol. The molecule has 92 valence electrons. The Kier molecular flexibility index (Phi) is 2.80. The Bertz CT molecular complexity index is 588. The third-order valence-corrected chi connectivity index (χ3v) is 3.69. The molecule has 18 heavy (non-hydrogen) atoms. The Morgan fingerprint density at radius 3 is 2.89 bits per heavy atom. The van der Waals surface area contributed by atoms with Crippen molar-refractivity contribution < 1.29 is 0 Å². The molecule has 3 rings (SSSR count). The minimum atomic E-state index is 0.835. The maximum atomic E-state index is 5.93. The van der Waals surface area contributed by atoms with E-state index in [0.717, 1.165) is 25.2 Å². The molecule has 0 aromatic heterocycles. The summed E-state index contributed by atoms with van der Waals surface area (Å²) in [5.41, 5.74) is 13.6. The second kappa shape index (κ2) is 4.46. The van der Waals surface area contributed by atoms with Gasteiger partial charge in [-0.3, -0.25) is 0 Å². The summed E-state index contributed by atoms with van der Waals surface area (Å²) >= 11 is 0. The van der Waals surface area contributed by atoms with E-state index in [2.05, 4.69) is 42.6 Å². The van der Waals surface area contributed by atoms with Crippen LogP contribution in [-0.2, 0) is 13.0 Å². The van der Waals surface area contributed by atoms with Crippen molar-refractivity contribution in [2.45, 2.75) is 19.9 Å². The van der Waals surface area contributed by atoms with E-state index in [1.807, 2.05) is 6.07 Å². The first-order valence-electron chi connectivity index (χ1n) is 6.43. The number of nitrogen functional groups attached to an aromatic ring is 1. The molecule has 0 aliphatic carbocycles. The highest BCUT2D eigenvalue weighted by Gasteiger charge is 2.14. The predicted molar refractivity (Wildman–Crippen MR) is 76.4 cm³/mol. The van der Waals surface area contributed by atoms with Gasteiger partial charge in [-0.25, -0.2) is 0 Å². The number of nitrogens with two attached hydrogens (primary N) is 1. The number of hydrogen-bond acceptors (Lipinski definition) is 2. The number of hydrogen-bond donors (Lipinski definition) is 2. The van der Waals surface area contributed by atoms with Crippen molar-refractivity contribution in [2.24, 2.45) is 0 Å². The van der Waals surface area contributed by atoms with Crippen LogP contribution in [0.25, 0.3) is 11.1 Å². The largest absolute Gasteiger partial charge is 0.399 e. The highest BCUT2D eigenvalue weighted by molar-refractivity contribution is 5.74. The van der Waals surface area contributed by atoms with Crippen molar-refractivity contribution in [1.29, 1.82) is 0 Å². The molecule has 0 fully saturated rings. The van der Waals surface area contributed by atoms with E-state index in [4.69, 9.17) is 5.73 Å². The summed E-state index contributed by atoms with van der Waals surface area (Å²) in [6.07, 6.45) is 1.10. The van der Waals surface area contributed by atoms with Gasteiger partial charge in [0.25, 0.3) is 0 Å². The Hall–Kier alpha value is -1.80. The van der Waals surface area contributed by atoms with Crippen molar-refractivity contribution in [2.75, 3.05) is 12.3 Å². The SMILES string of the molecule is Cc1ccc(N)cc1-c1cccc2c1CCNC2. The van der Waals surface area contributed by atoms with Crippen molar-refractivity contribution in [3.05, 3.63) is 53.1 Å². The van der Waals surface area contributed by atoms with E-state index in [-0.39, 0.29) is 0 Å². The lowest BCUT2D eigenvalue weighted by atomic mass is 9.89. The van der Waals surface area contributed by atoms with Crippen LogP contribution in [0.4, 0.5) is 5.69 Å². The molecule has 0 amide bonds. The fourth-order valence-corrected chi connectivity index (χ4v) is 2.71. The summed E-state index contributed by atoms with van der Waals surface area (Å²) in [7, 11) is 0. The van der Waals surface area contributed by atoms with Crippen LogP contribution in [-0.4, -0.2) is 6.54 Å². The average molecular weight is 238 g/mol. The van der Waals surface area contributed by atoms with Gasteiger partial charge in [-0.15, -0.1) is 0 Å². The highest BCUT2D eigenvalue weighted by atomic mass is 14.9. The number of rotatable bonds is 1.